The molecule has 1 saturated carbocycles. The molecular formula is C14H22N2O3S. The van der Waals surface area contributed by atoms with E-state index in [2.05, 4.69) is 0 Å². The number of hydrogen-bond acceptors (Lipinski definition) is 4. The SMILES string of the molecule is CN(C1CCCCC1O)S(=O)(=O)Cc1ccccc1N. The molecule has 2 unspecified atom stereocenters. The number of nitrogens with two attached hydrogens (primary N) is 1. The number of nitrogen functional groups attached to an aromatic ring is 1. The molecule has 1 aliphatic carbocycles. The third-order valence-electron chi connectivity index (χ3n) is 3.99. The second-order valence-electron chi connectivity index (χ2n) is 5.39. The molecule has 6 heteroatoms. The summed E-state index contributed by atoms with van der Waals surface area (Å²) >= 11 is 0. The van der Waals surface area contributed by atoms with E-state index in [1.165, 1.54) is 4.31 Å². The van der Waals surface area contributed by atoms with Gasteiger partial charge in [-0.1, -0.05) is 31.0 Å². The monoisotopic (exact) mass is 298 g/mol. The Bertz CT molecular complexity index is 559. The van der Waals surface area contributed by atoms with Crippen molar-refractivity contribution in [2.75, 3.05) is 12.8 Å². The van der Waals surface area contributed by atoms with Crippen LogP contribution in [0, 0.1) is 0 Å². The maximum Gasteiger partial charge on any atom is 0.218 e. The van der Waals surface area contributed by atoms with E-state index in [1.807, 2.05) is 0 Å². The molecule has 0 aliphatic heterocycles. The summed E-state index contributed by atoms with van der Waals surface area (Å²) < 4.78 is 26.2. The number of para-hydroxylation sites is 1. The highest BCUT2D eigenvalue weighted by Gasteiger charge is 2.33. The summed E-state index contributed by atoms with van der Waals surface area (Å²) in [7, 11) is -1.93. The van der Waals surface area contributed by atoms with Crippen molar-refractivity contribution < 1.29 is 13.5 Å². The lowest BCUT2D eigenvalue weighted by Crippen LogP contribution is -2.46. The van der Waals surface area contributed by atoms with Gasteiger partial charge in [-0.05, 0) is 24.5 Å². The van der Waals surface area contributed by atoms with Crippen molar-refractivity contribution in [2.24, 2.45) is 0 Å². The molecule has 0 heterocycles. The Morgan fingerprint density at radius 2 is 1.95 bits per heavy atom. The lowest BCUT2D eigenvalue weighted by molar-refractivity contribution is 0.0637. The number of likely N-dealkylation sites (N-methyl/N-ethyl adjacent to an activating group) is 1. The van der Waals surface area contributed by atoms with Gasteiger partial charge in [0.2, 0.25) is 10.0 Å². The van der Waals surface area contributed by atoms with E-state index in [1.54, 1.807) is 31.3 Å². The minimum absolute atomic E-state index is 0.126. The molecule has 1 aromatic rings. The van der Waals surface area contributed by atoms with Crippen molar-refractivity contribution in [1.29, 1.82) is 0 Å². The Morgan fingerprint density at radius 1 is 1.30 bits per heavy atom. The normalized spacial score (nSPS) is 23.9. The molecule has 2 rings (SSSR count). The summed E-state index contributed by atoms with van der Waals surface area (Å²) in [4.78, 5) is 0. The maximum atomic E-state index is 12.5. The number of sulfonamides is 1. The van der Waals surface area contributed by atoms with Gasteiger partial charge in [-0.3, -0.25) is 0 Å². The van der Waals surface area contributed by atoms with Crippen LogP contribution in [0.5, 0.6) is 0 Å². The summed E-state index contributed by atoms with van der Waals surface area (Å²) in [6.45, 7) is 0. The molecule has 5 nitrogen and oxygen atoms in total. The van der Waals surface area contributed by atoms with E-state index in [9.17, 15) is 13.5 Å². The maximum absolute atomic E-state index is 12.5. The van der Waals surface area contributed by atoms with E-state index < -0.39 is 16.1 Å². The molecule has 0 radical (unpaired) electrons. The van der Waals surface area contributed by atoms with Crippen LogP contribution in [0.25, 0.3) is 0 Å². The fourth-order valence-electron chi connectivity index (χ4n) is 2.69. The van der Waals surface area contributed by atoms with Gasteiger partial charge in [-0.25, -0.2) is 8.42 Å². The molecule has 0 spiro atoms. The van der Waals surface area contributed by atoms with Crippen molar-refractivity contribution in [3.8, 4) is 0 Å². The predicted octanol–water partition coefficient (Wildman–Crippen LogP) is 1.33. The quantitative estimate of drug-likeness (QED) is 0.822. The second kappa shape index (κ2) is 6.11. The zero-order valence-corrected chi connectivity index (χ0v) is 12.5. The molecule has 0 saturated heterocycles. The largest absolute Gasteiger partial charge is 0.398 e. The number of hydrogen-bond donors (Lipinski definition) is 2. The molecule has 1 aliphatic rings. The van der Waals surface area contributed by atoms with Crippen LogP contribution in [-0.2, 0) is 15.8 Å². The van der Waals surface area contributed by atoms with Gasteiger partial charge >= 0.3 is 0 Å². The first kappa shape index (κ1) is 15.3. The second-order valence-corrected chi connectivity index (χ2v) is 7.42. The van der Waals surface area contributed by atoms with Crippen LogP contribution in [0.1, 0.15) is 31.2 Å². The van der Waals surface area contributed by atoms with E-state index in [0.29, 0.717) is 24.1 Å². The standard InChI is InChI=1S/C14H22N2O3S/c1-16(13-8-4-5-9-14(13)17)20(18,19)10-11-6-2-3-7-12(11)15/h2-3,6-7,13-14,17H,4-5,8-10,15H2,1H3. The van der Waals surface area contributed by atoms with Crippen molar-refractivity contribution in [3.63, 3.8) is 0 Å². The Kier molecular flexibility index (Phi) is 4.67. The minimum Gasteiger partial charge on any atom is -0.398 e. The lowest BCUT2D eigenvalue weighted by atomic mass is 9.93. The number of anilines is 1. The molecule has 20 heavy (non-hydrogen) atoms. The first-order chi connectivity index (χ1) is 9.42. The van der Waals surface area contributed by atoms with Gasteiger partial charge in [-0.2, -0.15) is 4.31 Å². The van der Waals surface area contributed by atoms with Crippen LogP contribution in [0.2, 0.25) is 0 Å². The van der Waals surface area contributed by atoms with Crippen LogP contribution in [0.4, 0.5) is 5.69 Å². The van der Waals surface area contributed by atoms with Gasteiger partial charge in [-0.15, -0.1) is 0 Å². The van der Waals surface area contributed by atoms with Crippen molar-refractivity contribution in [3.05, 3.63) is 29.8 Å². The number of nitrogens with zero attached hydrogens (tertiary/aromatic N) is 1. The van der Waals surface area contributed by atoms with Crippen LogP contribution in [-0.4, -0.2) is 37.0 Å². The summed E-state index contributed by atoms with van der Waals surface area (Å²) in [6.07, 6.45) is 2.71. The average molecular weight is 298 g/mol. The first-order valence-electron chi connectivity index (χ1n) is 6.89. The van der Waals surface area contributed by atoms with Crippen LogP contribution < -0.4 is 5.73 Å². The highest BCUT2D eigenvalue weighted by molar-refractivity contribution is 7.88. The topological polar surface area (TPSA) is 83.6 Å². The molecular weight excluding hydrogens is 276 g/mol. The van der Waals surface area contributed by atoms with Crippen LogP contribution >= 0.6 is 0 Å². The van der Waals surface area contributed by atoms with Gasteiger partial charge in [0.1, 0.15) is 0 Å². The molecule has 112 valence electrons. The molecule has 2 atom stereocenters. The highest BCUT2D eigenvalue weighted by Crippen LogP contribution is 2.26. The van der Waals surface area contributed by atoms with Crippen molar-refractivity contribution >= 4 is 15.7 Å². The minimum atomic E-state index is -3.48. The predicted molar refractivity (Wildman–Crippen MR) is 79.5 cm³/mol. The molecule has 0 amide bonds. The summed E-state index contributed by atoms with van der Waals surface area (Å²) in [5.74, 6) is -0.126. The van der Waals surface area contributed by atoms with E-state index in [4.69, 9.17) is 5.73 Å². The number of aliphatic hydroxyl groups excluding tert-OH is 1. The van der Waals surface area contributed by atoms with Gasteiger partial charge in [0.05, 0.1) is 17.9 Å². The smallest absolute Gasteiger partial charge is 0.218 e. The molecule has 1 aromatic carbocycles. The summed E-state index contributed by atoms with van der Waals surface area (Å²) in [5.41, 5.74) is 6.88. The molecule has 1 fully saturated rings. The number of aliphatic hydroxyl groups is 1. The number of rotatable bonds is 4. The van der Waals surface area contributed by atoms with Crippen molar-refractivity contribution in [2.45, 2.75) is 43.6 Å². The summed E-state index contributed by atoms with van der Waals surface area (Å²) in [5, 5.41) is 9.99. The van der Waals surface area contributed by atoms with Gasteiger partial charge in [0.25, 0.3) is 0 Å². The van der Waals surface area contributed by atoms with E-state index in [-0.39, 0.29) is 11.8 Å². The summed E-state index contributed by atoms with van der Waals surface area (Å²) in [6, 6.07) is 6.65. The Labute approximate surface area is 120 Å². The Hall–Kier alpha value is -1.11. The molecule has 3 N–H and O–H groups in total. The lowest BCUT2D eigenvalue weighted by Gasteiger charge is -2.34. The van der Waals surface area contributed by atoms with Gasteiger partial charge in [0.15, 0.2) is 0 Å². The fourth-order valence-corrected chi connectivity index (χ4v) is 4.20. The van der Waals surface area contributed by atoms with E-state index >= 15 is 0 Å². The fraction of sp³-hybridized carbons (Fsp3) is 0.571. The Morgan fingerprint density at radius 3 is 2.60 bits per heavy atom. The van der Waals surface area contributed by atoms with Gasteiger partial charge in [0, 0.05) is 12.7 Å². The Balaban J connectivity index is 2.15. The zero-order valence-electron chi connectivity index (χ0n) is 11.7. The third-order valence-corrected chi connectivity index (χ3v) is 5.82. The average Bonchev–Trinajstić information content (AvgIpc) is 2.41. The molecule has 0 bridgehead atoms. The van der Waals surface area contributed by atoms with Crippen LogP contribution in [0.15, 0.2) is 24.3 Å². The third kappa shape index (κ3) is 3.31. The van der Waals surface area contributed by atoms with Gasteiger partial charge < -0.3 is 10.8 Å². The van der Waals surface area contributed by atoms with E-state index in [0.717, 1.165) is 12.8 Å². The first-order valence-corrected chi connectivity index (χ1v) is 8.50. The van der Waals surface area contributed by atoms with Crippen LogP contribution in [0.3, 0.4) is 0 Å². The number of benzene rings is 1. The van der Waals surface area contributed by atoms with Crippen molar-refractivity contribution in [1.82, 2.24) is 4.31 Å². The highest BCUT2D eigenvalue weighted by atomic mass is 32.2. The molecule has 0 aromatic heterocycles. The zero-order chi connectivity index (χ0) is 14.8.